The largest absolute Gasteiger partial charge is 0.324 e. The van der Waals surface area contributed by atoms with E-state index in [1.54, 1.807) is 55.5 Å². The molecule has 0 radical (unpaired) electrons. The van der Waals surface area contributed by atoms with Gasteiger partial charge in [0.1, 0.15) is 11.4 Å². The van der Waals surface area contributed by atoms with Crippen LogP contribution in [0.15, 0.2) is 77.7 Å². The smallest absolute Gasteiger partial charge is 0.250 e. The van der Waals surface area contributed by atoms with Gasteiger partial charge in [-0.2, -0.15) is 0 Å². The Bertz CT molecular complexity index is 1250. The molecule has 8 heteroatoms. The zero-order chi connectivity index (χ0) is 22.6. The molecule has 31 heavy (non-hydrogen) atoms. The van der Waals surface area contributed by atoms with E-state index < -0.39 is 32.9 Å². The van der Waals surface area contributed by atoms with E-state index >= 15 is 0 Å². The van der Waals surface area contributed by atoms with Gasteiger partial charge in [-0.3, -0.25) is 4.79 Å². The Morgan fingerprint density at radius 3 is 2.32 bits per heavy atom. The van der Waals surface area contributed by atoms with Gasteiger partial charge in [0, 0.05) is 5.69 Å². The standard InChI is InChI=1S/C23H20FN3O3S/c1-16-14-19(10-13-21(16)26-2)27-22(28)23(25,17-6-4-3-5-7-17)15-31(29,30)20-11-8-18(24)9-12-20/h3-14H,15,25H2,1H3,(H,27,28)/t23-/m0/s1. The van der Waals surface area contributed by atoms with Crippen molar-refractivity contribution in [3.63, 3.8) is 0 Å². The van der Waals surface area contributed by atoms with Crippen LogP contribution in [0.4, 0.5) is 15.8 Å². The first kappa shape index (κ1) is 22.2. The number of carbonyl (C=O) groups excluding carboxylic acids is 1. The number of halogens is 1. The fraction of sp³-hybridized carbons (Fsp3) is 0.130. The van der Waals surface area contributed by atoms with Crippen LogP contribution in [0.25, 0.3) is 4.85 Å². The third-order valence-corrected chi connectivity index (χ3v) is 6.69. The number of nitrogens with zero attached hydrogens (tertiary/aromatic N) is 1. The van der Waals surface area contributed by atoms with Crippen molar-refractivity contribution in [2.45, 2.75) is 17.4 Å². The van der Waals surface area contributed by atoms with Gasteiger partial charge < -0.3 is 11.1 Å². The molecule has 1 amide bonds. The van der Waals surface area contributed by atoms with E-state index in [0.29, 0.717) is 22.5 Å². The van der Waals surface area contributed by atoms with Gasteiger partial charge in [0.25, 0.3) is 0 Å². The van der Waals surface area contributed by atoms with Gasteiger partial charge in [0.05, 0.1) is 17.2 Å². The Kier molecular flexibility index (Phi) is 6.20. The molecule has 6 nitrogen and oxygen atoms in total. The van der Waals surface area contributed by atoms with Crippen molar-refractivity contribution in [2.75, 3.05) is 11.1 Å². The van der Waals surface area contributed by atoms with Gasteiger partial charge in [0.15, 0.2) is 15.5 Å². The molecule has 3 rings (SSSR count). The normalized spacial score (nSPS) is 13.1. The average molecular weight is 437 g/mol. The third-order valence-electron chi connectivity index (χ3n) is 4.86. The molecule has 0 saturated heterocycles. The predicted molar refractivity (Wildman–Crippen MR) is 117 cm³/mol. The Labute approximate surface area is 180 Å². The molecule has 0 aliphatic rings. The lowest BCUT2D eigenvalue weighted by molar-refractivity contribution is -0.120. The van der Waals surface area contributed by atoms with Crippen molar-refractivity contribution < 1.29 is 17.6 Å². The van der Waals surface area contributed by atoms with E-state index in [1.807, 2.05) is 0 Å². The summed E-state index contributed by atoms with van der Waals surface area (Å²) in [5.41, 5.74) is 6.33. The second kappa shape index (κ2) is 8.68. The summed E-state index contributed by atoms with van der Waals surface area (Å²) < 4.78 is 39.3. The summed E-state index contributed by atoms with van der Waals surface area (Å²) in [6.45, 7) is 8.86. The monoisotopic (exact) mass is 437 g/mol. The number of sulfone groups is 1. The van der Waals surface area contributed by atoms with E-state index in [2.05, 4.69) is 10.2 Å². The first-order valence-electron chi connectivity index (χ1n) is 9.28. The summed E-state index contributed by atoms with van der Waals surface area (Å²) >= 11 is 0. The lowest BCUT2D eigenvalue weighted by Crippen LogP contribution is -2.53. The molecule has 0 aliphatic heterocycles. The third kappa shape index (κ3) is 4.79. The number of anilines is 1. The van der Waals surface area contributed by atoms with Crippen molar-refractivity contribution in [1.29, 1.82) is 0 Å². The van der Waals surface area contributed by atoms with Crippen molar-refractivity contribution in [2.24, 2.45) is 5.73 Å². The number of benzene rings is 3. The van der Waals surface area contributed by atoms with Crippen molar-refractivity contribution in [3.05, 3.63) is 101 Å². The average Bonchev–Trinajstić information content (AvgIpc) is 2.74. The van der Waals surface area contributed by atoms with Crippen LogP contribution in [0.1, 0.15) is 11.1 Å². The molecule has 0 saturated carbocycles. The summed E-state index contributed by atoms with van der Waals surface area (Å²) in [5, 5.41) is 2.67. The first-order chi connectivity index (χ1) is 14.7. The summed E-state index contributed by atoms with van der Waals surface area (Å²) in [7, 11) is -4.03. The number of nitrogens with one attached hydrogen (secondary N) is 1. The minimum absolute atomic E-state index is 0.135. The van der Waals surface area contributed by atoms with Crippen LogP contribution in [-0.2, 0) is 20.2 Å². The molecule has 0 unspecified atom stereocenters. The molecule has 0 bridgehead atoms. The Hall–Kier alpha value is -3.54. The fourth-order valence-corrected chi connectivity index (χ4v) is 4.76. The van der Waals surface area contributed by atoms with Gasteiger partial charge in [-0.25, -0.2) is 17.7 Å². The zero-order valence-corrected chi connectivity index (χ0v) is 17.5. The highest BCUT2D eigenvalue weighted by atomic mass is 32.2. The Balaban J connectivity index is 1.99. The lowest BCUT2D eigenvalue weighted by atomic mass is 9.92. The molecule has 3 N–H and O–H groups in total. The number of amides is 1. The van der Waals surface area contributed by atoms with E-state index in [4.69, 9.17) is 12.3 Å². The van der Waals surface area contributed by atoms with Crippen LogP contribution >= 0.6 is 0 Å². The molecule has 0 aliphatic carbocycles. The van der Waals surface area contributed by atoms with Crippen LogP contribution in [-0.4, -0.2) is 20.1 Å². The van der Waals surface area contributed by atoms with Crippen molar-refractivity contribution in [3.8, 4) is 0 Å². The maximum Gasteiger partial charge on any atom is 0.250 e. The molecule has 3 aromatic carbocycles. The molecular weight excluding hydrogens is 417 g/mol. The van der Waals surface area contributed by atoms with Crippen LogP contribution in [0, 0.1) is 19.3 Å². The maximum absolute atomic E-state index is 13.2. The molecule has 1 atom stereocenters. The van der Waals surface area contributed by atoms with Crippen LogP contribution in [0.5, 0.6) is 0 Å². The number of carbonyl (C=O) groups is 1. The number of hydrogen-bond donors (Lipinski definition) is 2. The van der Waals surface area contributed by atoms with Crippen molar-refractivity contribution in [1.82, 2.24) is 0 Å². The molecule has 0 aromatic heterocycles. The summed E-state index contributed by atoms with van der Waals surface area (Å²) in [4.78, 5) is 16.5. The van der Waals surface area contributed by atoms with Crippen LogP contribution in [0.2, 0.25) is 0 Å². The zero-order valence-electron chi connectivity index (χ0n) is 16.7. The summed E-state index contributed by atoms with van der Waals surface area (Å²) in [6.07, 6.45) is 0. The summed E-state index contributed by atoms with van der Waals surface area (Å²) in [6, 6.07) is 17.3. The van der Waals surface area contributed by atoms with Crippen molar-refractivity contribution >= 4 is 27.1 Å². The molecule has 0 heterocycles. The number of rotatable bonds is 6. The quantitative estimate of drug-likeness (QED) is 0.451. The summed E-state index contributed by atoms with van der Waals surface area (Å²) in [5.74, 6) is -2.02. The van der Waals surface area contributed by atoms with Gasteiger partial charge in [-0.05, 0) is 54.4 Å². The van der Waals surface area contributed by atoms with Crippen LogP contribution < -0.4 is 11.1 Å². The van der Waals surface area contributed by atoms with Gasteiger partial charge in [0.2, 0.25) is 5.91 Å². The van der Waals surface area contributed by atoms with E-state index in [0.717, 1.165) is 24.3 Å². The van der Waals surface area contributed by atoms with E-state index in [1.165, 1.54) is 0 Å². The topological polar surface area (TPSA) is 93.6 Å². The predicted octanol–water partition coefficient (Wildman–Crippen LogP) is 3.95. The maximum atomic E-state index is 13.2. The van der Waals surface area contributed by atoms with Gasteiger partial charge in [-0.1, -0.05) is 36.4 Å². The highest BCUT2D eigenvalue weighted by molar-refractivity contribution is 7.91. The lowest BCUT2D eigenvalue weighted by Gasteiger charge is -2.28. The Morgan fingerprint density at radius 1 is 1.10 bits per heavy atom. The number of hydrogen-bond acceptors (Lipinski definition) is 4. The fourth-order valence-electron chi connectivity index (χ4n) is 3.14. The molecule has 0 spiro atoms. The van der Waals surface area contributed by atoms with Gasteiger partial charge >= 0.3 is 0 Å². The minimum Gasteiger partial charge on any atom is -0.324 e. The second-order valence-electron chi connectivity index (χ2n) is 7.12. The first-order valence-corrected chi connectivity index (χ1v) is 10.9. The highest BCUT2D eigenvalue weighted by Crippen LogP contribution is 2.28. The van der Waals surface area contributed by atoms with E-state index in [-0.39, 0.29) is 4.90 Å². The molecule has 0 fully saturated rings. The van der Waals surface area contributed by atoms with E-state index in [9.17, 15) is 17.6 Å². The highest BCUT2D eigenvalue weighted by Gasteiger charge is 2.41. The number of nitrogens with two attached hydrogens (primary N) is 1. The van der Waals surface area contributed by atoms with Gasteiger partial charge in [-0.15, -0.1) is 0 Å². The minimum atomic E-state index is -4.03. The Morgan fingerprint density at radius 2 is 1.74 bits per heavy atom. The van der Waals surface area contributed by atoms with Crippen LogP contribution in [0.3, 0.4) is 0 Å². The SMILES string of the molecule is [C-]#[N+]c1ccc(NC(=O)[C@](N)(CS(=O)(=O)c2ccc(F)cc2)c2ccccc2)cc1C. The number of aryl methyl sites for hydroxylation is 1. The molecule has 3 aromatic rings. The molecule has 158 valence electrons. The second-order valence-corrected chi connectivity index (χ2v) is 9.11. The molecular formula is C23H20FN3O3S.